The summed E-state index contributed by atoms with van der Waals surface area (Å²) in [5, 5.41) is 12.1. The molecule has 1 heterocycles. The Morgan fingerprint density at radius 2 is 2.43 bits per heavy atom. The van der Waals surface area contributed by atoms with Gasteiger partial charge in [-0.25, -0.2) is 0 Å². The molecule has 1 aliphatic rings. The van der Waals surface area contributed by atoms with Crippen molar-refractivity contribution in [3.05, 3.63) is 0 Å². The number of rotatable bonds is 5. The fourth-order valence-electron chi connectivity index (χ4n) is 1.50. The van der Waals surface area contributed by atoms with Crippen LogP contribution in [-0.4, -0.2) is 35.9 Å². The standard InChI is InChI=1S/C10H19NO3/c1-3-10(2,9(12)13)11-7-8-5-4-6-14-8/h8,11H,3-7H2,1-2H3,(H,12,13)/t8-,10-/m0/s1. The summed E-state index contributed by atoms with van der Waals surface area (Å²) in [6, 6.07) is 0. The van der Waals surface area contributed by atoms with Gasteiger partial charge < -0.3 is 9.84 Å². The number of nitrogens with one attached hydrogen (secondary N) is 1. The zero-order valence-electron chi connectivity index (χ0n) is 8.88. The van der Waals surface area contributed by atoms with E-state index in [9.17, 15) is 4.79 Å². The van der Waals surface area contributed by atoms with E-state index in [0.717, 1.165) is 19.4 Å². The van der Waals surface area contributed by atoms with Gasteiger partial charge in [0.2, 0.25) is 0 Å². The third-order valence-corrected chi connectivity index (χ3v) is 2.92. The largest absolute Gasteiger partial charge is 0.480 e. The van der Waals surface area contributed by atoms with Gasteiger partial charge in [0.1, 0.15) is 5.54 Å². The molecule has 2 atom stereocenters. The van der Waals surface area contributed by atoms with E-state index in [1.807, 2.05) is 6.92 Å². The molecule has 0 amide bonds. The molecule has 0 saturated carbocycles. The molecule has 1 fully saturated rings. The van der Waals surface area contributed by atoms with Crippen molar-refractivity contribution in [1.29, 1.82) is 0 Å². The van der Waals surface area contributed by atoms with Gasteiger partial charge in [0.05, 0.1) is 6.10 Å². The lowest BCUT2D eigenvalue weighted by molar-refractivity contribution is -0.144. The average Bonchev–Trinajstić information content (AvgIpc) is 2.66. The minimum Gasteiger partial charge on any atom is -0.480 e. The van der Waals surface area contributed by atoms with Crippen molar-refractivity contribution < 1.29 is 14.6 Å². The molecule has 2 N–H and O–H groups in total. The third-order valence-electron chi connectivity index (χ3n) is 2.92. The van der Waals surface area contributed by atoms with Crippen molar-refractivity contribution in [2.45, 2.75) is 44.8 Å². The van der Waals surface area contributed by atoms with Gasteiger partial charge in [0.15, 0.2) is 0 Å². The molecule has 4 nitrogen and oxygen atoms in total. The molecule has 0 aromatic heterocycles. The second kappa shape index (κ2) is 4.75. The molecule has 4 heteroatoms. The Hall–Kier alpha value is -0.610. The number of carboxylic acids is 1. The second-order valence-corrected chi connectivity index (χ2v) is 4.01. The highest BCUT2D eigenvalue weighted by atomic mass is 16.5. The third kappa shape index (κ3) is 2.69. The van der Waals surface area contributed by atoms with E-state index in [0.29, 0.717) is 13.0 Å². The number of hydrogen-bond acceptors (Lipinski definition) is 3. The fourth-order valence-corrected chi connectivity index (χ4v) is 1.50. The van der Waals surface area contributed by atoms with Gasteiger partial charge in [-0.3, -0.25) is 10.1 Å². The summed E-state index contributed by atoms with van der Waals surface area (Å²) in [7, 11) is 0. The van der Waals surface area contributed by atoms with Gasteiger partial charge >= 0.3 is 5.97 Å². The van der Waals surface area contributed by atoms with E-state index < -0.39 is 11.5 Å². The van der Waals surface area contributed by atoms with E-state index >= 15 is 0 Å². The van der Waals surface area contributed by atoms with Crippen molar-refractivity contribution in [2.75, 3.05) is 13.2 Å². The van der Waals surface area contributed by atoms with Gasteiger partial charge in [0, 0.05) is 13.2 Å². The van der Waals surface area contributed by atoms with E-state index in [-0.39, 0.29) is 6.10 Å². The first-order valence-corrected chi connectivity index (χ1v) is 5.18. The van der Waals surface area contributed by atoms with E-state index in [2.05, 4.69) is 5.32 Å². The number of carboxylic acid groups (broad SMARTS) is 1. The van der Waals surface area contributed by atoms with Gasteiger partial charge in [-0.1, -0.05) is 6.92 Å². The predicted octanol–water partition coefficient (Wildman–Crippen LogP) is 1.01. The number of ether oxygens (including phenoxy) is 1. The summed E-state index contributed by atoms with van der Waals surface area (Å²) in [5.74, 6) is -0.794. The topological polar surface area (TPSA) is 58.6 Å². The molecule has 0 aromatic rings. The average molecular weight is 201 g/mol. The minimum atomic E-state index is -0.814. The van der Waals surface area contributed by atoms with Crippen molar-refractivity contribution in [1.82, 2.24) is 5.32 Å². The van der Waals surface area contributed by atoms with Crippen LogP contribution < -0.4 is 5.32 Å². The van der Waals surface area contributed by atoms with Crippen molar-refractivity contribution in [2.24, 2.45) is 0 Å². The summed E-state index contributed by atoms with van der Waals surface area (Å²) in [6.07, 6.45) is 2.89. The molecule has 14 heavy (non-hydrogen) atoms. The van der Waals surface area contributed by atoms with Crippen LogP contribution in [0.4, 0.5) is 0 Å². The van der Waals surface area contributed by atoms with Crippen LogP contribution in [0.1, 0.15) is 33.1 Å². The Kier molecular flexibility index (Phi) is 3.89. The first-order chi connectivity index (χ1) is 6.58. The maximum Gasteiger partial charge on any atom is 0.323 e. The van der Waals surface area contributed by atoms with Crippen molar-refractivity contribution in [3.8, 4) is 0 Å². The van der Waals surface area contributed by atoms with Crippen LogP contribution in [0.5, 0.6) is 0 Å². The molecule has 82 valence electrons. The summed E-state index contributed by atoms with van der Waals surface area (Å²) in [4.78, 5) is 11.0. The summed E-state index contributed by atoms with van der Waals surface area (Å²) >= 11 is 0. The summed E-state index contributed by atoms with van der Waals surface area (Å²) in [6.45, 7) is 5.03. The molecule has 1 aliphatic heterocycles. The zero-order chi connectivity index (χ0) is 10.6. The molecule has 0 aromatic carbocycles. The van der Waals surface area contributed by atoms with Crippen LogP contribution in [-0.2, 0) is 9.53 Å². The van der Waals surface area contributed by atoms with Crippen LogP contribution in [0, 0.1) is 0 Å². The van der Waals surface area contributed by atoms with Gasteiger partial charge in [0.25, 0.3) is 0 Å². The SMILES string of the molecule is CC[C@](C)(NC[C@@H]1CCCO1)C(=O)O. The minimum absolute atomic E-state index is 0.195. The number of carbonyl (C=O) groups is 1. The molecule has 0 radical (unpaired) electrons. The van der Waals surface area contributed by atoms with Gasteiger partial charge in [-0.2, -0.15) is 0 Å². The molecule has 1 rings (SSSR count). The molecule has 0 bridgehead atoms. The highest BCUT2D eigenvalue weighted by Gasteiger charge is 2.31. The lowest BCUT2D eigenvalue weighted by Gasteiger charge is -2.26. The van der Waals surface area contributed by atoms with Crippen LogP contribution in [0.3, 0.4) is 0 Å². The van der Waals surface area contributed by atoms with Crippen LogP contribution >= 0.6 is 0 Å². The van der Waals surface area contributed by atoms with Gasteiger partial charge in [-0.05, 0) is 26.2 Å². The Balaban J connectivity index is 2.36. The molecular weight excluding hydrogens is 182 g/mol. The number of hydrogen-bond donors (Lipinski definition) is 2. The summed E-state index contributed by atoms with van der Waals surface area (Å²) in [5.41, 5.74) is -0.814. The van der Waals surface area contributed by atoms with Crippen molar-refractivity contribution in [3.63, 3.8) is 0 Å². The van der Waals surface area contributed by atoms with E-state index in [4.69, 9.17) is 9.84 Å². The lowest BCUT2D eigenvalue weighted by Crippen LogP contribution is -2.51. The van der Waals surface area contributed by atoms with Crippen LogP contribution in [0.2, 0.25) is 0 Å². The maximum atomic E-state index is 11.0. The fraction of sp³-hybridized carbons (Fsp3) is 0.900. The highest BCUT2D eigenvalue weighted by molar-refractivity contribution is 5.78. The molecule has 0 aliphatic carbocycles. The van der Waals surface area contributed by atoms with E-state index in [1.54, 1.807) is 6.92 Å². The first-order valence-electron chi connectivity index (χ1n) is 5.18. The Morgan fingerprint density at radius 3 is 2.86 bits per heavy atom. The Morgan fingerprint density at radius 1 is 1.71 bits per heavy atom. The second-order valence-electron chi connectivity index (χ2n) is 4.01. The Labute approximate surface area is 84.6 Å². The normalized spacial score (nSPS) is 26.0. The Bertz CT molecular complexity index is 202. The summed E-state index contributed by atoms with van der Waals surface area (Å²) < 4.78 is 5.42. The van der Waals surface area contributed by atoms with E-state index in [1.165, 1.54) is 0 Å². The molecular formula is C10H19NO3. The monoisotopic (exact) mass is 201 g/mol. The highest BCUT2D eigenvalue weighted by Crippen LogP contribution is 2.14. The first kappa shape index (κ1) is 11.5. The van der Waals surface area contributed by atoms with Gasteiger partial charge in [-0.15, -0.1) is 0 Å². The predicted molar refractivity (Wildman–Crippen MR) is 53.3 cm³/mol. The van der Waals surface area contributed by atoms with Crippen LogP contribution in [0.25, 0.3) is 0 Å². The van der Waals surface area contributed by atoms with Crippen LogP contribution in [0.15, 0.2) is 0 Å². The zero-order valence-corrected chi connectivity index (χ0v) is 8.88. The maximum absolute atomic E-state index is 11.0. The quantitative estimate of drug-likeness (QED) is 0.697. The smallest absolute Gasteiger partial charge is 0.323 e. The molecule has 0 unspecified atom stereocenters. The lowest BCUT2D eigenvalue weighted by atomic mass is 9.99. The van der Waals surface area contributed by atoms with Crippen molar-refractivity contribution >= 4 is 5.97 Å². The molecule has 0 spiro atoms. The molecule has 1 saturated heterocycles. The number of aliphatic carboxylic acids is 1.